The summed E-state index contributed by atoms with van der Waals surface area (Å²) in [5.41, 5.74) is 0. The van der Waals surface area contributed by atoms with Crippen molar-refractivity contribution >= 4 is 20.2 Å². The molecule has 0 N–H and O–H groups in total. The van der Waals surface area contributed by atoms with Crippen LogP contribution < -0.4 is 0 Å². The van der Waals surface area contributed by atoms with E-state index in [9.17, 15) is 16.8 Å². The van der Waals surface area contributed by atoms with Crippen LogP contribution in [-0.2, 0) is 28.6 Å². The molecule has 2 fully saturated rings. The van der Waals surface area contributed by atoms with Crippen molar-refractivity contribution in [2.24, 2.45) is 0 Å². The van der Waals surface area contributed by atoms with Crippen molar-refractivity contribution in [2.45, 2.75) is 63.6 Å². The van der Waals surface area contributed by atoms with Gasteiger partial charge in [0.2, 0.25) is 0 Å². The van der Waals surface area contributed by atoms with Crippen LogP contribution in [-0.4, -0.2) is 40.5 Å². The Kier molecular flexibility index (Phi) is 5.44. The van der Waals surface area contributed by atoms with Gasteiger partial charge in [-0.3, -0.25) is 8.37 Å². The largest absolute Gasteiger partial charge is 0.268 e. The molecule has 0 aromatic carbocycles. The van der Waals surface area contributed by atoms with E-state index in [2.05, 4.69) is 0 Å². The Bertz CT molecular complexity index is 450. The topological polar surface area (TPSA) is 86.7 Å². The maximum absolute atomic E-state index is 11.7. The third kappa shape index (κ3) is 5.31. The summed E-state index contributed by atoms with van der Waals surface area (Å²) in [6.07, 6.45) is 6.19. The fourth-order valence-corrected chi connectivity index (χ4v) is 5.72. The van der Waals surface area contributed by atoms with Gasteiger partial charge in [-0.1, -0.05) is 25.7 Å². The number of hydrogen-bond donors (Lipinski definition) is 0. The highest BCUT2D eigenvalue weighted by Crippen LogP contribution is 2.24. The highest BCUT2D eigenvalue weighted by atomic mass is 32.2. The summed E-state index contributed by atoms with van der Waals surface area (Å²) in [5.74, 6) is -1.06. The minimum absolute atomic E-state index is 0.279. The lowest BCUT2D eigenvalue weighted by atomic mass is 10.3. The van der Waals surface area contributed by atoms with Crippen molar-refractivity contribution < 1.29 is 25.2 Å². The Hall–Kier alpha value is -0.180. The average molecular weight is 326 g/mol. The van der Waals surface area contributed by atoms with Crippen molar-refractivity contribution in [1.29, 1.82) is 0 Å². The summed E-state index contributed by atoms with van der Waals surface area (Å²) in [4.78, 5) is 0. The van der Waals surface area contributed by atoms with Crippen molar-refractivity contribution in [1.82, 2.24) is 0 Å². The smallest absolute Gasteiger partial charge is 0.267 e. The lowest BCUT2D eigenvalue weighted by Gasteiger charge is -2.13. The molecular weight excluding hydrogens is 304 g/mol. The van der Waals surface area contributed by atoms with Gasteiger partial charge in [0.25, 0.3) is 20.2 Å². The van der Waals surface area contributed by atoms with Gasteiger partial charge in [-0.25, -0.2) is 0 Å². The predicted molar refractivity (Wildman–Crippen MR) is 74.3 cm³/mol. The minimum atomic E-state index is -3.79. The first-order valence-corrected chi connectivity index (χ1v) is 10.3. The highest BCUT2D eigenvalue weighted by Gasteiger charge is 2.27. The average Bonchev–Trinajstić information content (AvgIpc) is 2.99. The normalized spacial score (nSPS) is 22.6. The number of hydrogen-bond acceptors (Lipinski definition) is 6. The molecule has 2 saturated carbocycles. The quantitative estimate of drug-likeness (QED) is 0.660. The second kappa shape index (κ2) is 6.72. The molecule has 0 atom stereocenters. The molecule has 0 amide bonds. The summed E-state index contributed by atoms with van der Waals surface area (Å²) in [6.45, 7) is 0. The van der Waals surface area contributed by atoms with Crippen LogP contribution in [0.4, 0.5) is 0 Å². The molecule has 0 unspecified atom stereocenters. The molecular formula is C12H22O6S2. The zero-order chi connectivity index (χ0) is 14.6. The summed E-state index contributed by atoms with van der Waals surface area (Å²) in [5, 5.41) is 0. The molecule has 118 valence electrons. The van der Waals surface area contributed by atoms with E-state index >= 15 is 0 Å². The molecule has 0 aliphatic heterocycles. The molecule has 0 saturated heterocycles. The lowest BCUT2D eigenvalue weighted by Crippen LogP contribution is -2.25. The Balaban J connectivity index is 1.79. The van der Waals surface area contributed by atoms with Crippen molar-refractivity contribution in [3.63, 3.8) is 0 Å². The summed E-state index contributed by atoms with van der Waals surface area (Å²) >= 11 is 0. The lowest BCUT2D eigenvalue weighted by molar-refractivity contribution is 0.213. The molecule has 6 nitrogen and oxygen atoms in total. The molecule has 0 heterocycles. The Morgan fingerprint density at radius 1 is 0.650 bits per heavy atom. The fraction of sp³-hybridized carbons (Fsp3) is 1.00. The standard InChI is InChI=1S/C12H22O6S2/c13-19(14,17-11-5-1-2-6-11)9-10-20(15,16)18-12-7-3-4-8-12/h11-12H,1-10H2. The molecule has 0 radical (unpaired) electrons. The van der Waals surface area contributed by atoms with Crippen LogP contribution in [0.5, 0.6) is 0 Å². The molecule has 0 aromatic heterocycles. The van der Waals surface area contributed by atoms with E-state index in [1.54, 1.807) is 0 Å². The Labute approximate surface area is 121 Å². The van der Waals surface area contributed by atoms with Crippen molar-refractivity contribution in [3.05, 3.63) is 0 Å². The second-order valence-electron chi connectivity index (χ2n) is 5.53. The van der Waals surface area contributed by atoms with Gasteiger partial charge in [0, 0.05) is 0 Å². The van der Waals surface area contributed by atoms with Gasteiger partial charge in [-0.05, 0) is 25.7 Å². The van der Waals surface area contributed by atoms with E-state index < -0.39 is 31.7 Å². The van der Waals surface area contributed by atoms with Crippen LogP contribution in [0.25, 0.3) is 0 Å². The first-order valence-electron chi connectivity index (χ1n) is 7.18. The van der Waals surface area contributed by atoms with Gasteiger partial charge in [0.1, 0.15) is 0 Å². The highest BCUT2D eigenvalue weighted by molar-refractivity contribution is 7.90. The number of rotatable bonds is 7. The van der Waals surface area contributed by atoms with Gasteiger partial charge in [0.15, 0.2) is 0 Å². The zero-order valence-corrected chi connectivity index (χ0v) is 13.1. The second-order valence-corrected chi connectivity index (χ2v) is 8.96. The van der Waals surface area contributed by atoms with Crippen LogP contribution in [0.1, 0.15) is 51.4 Å². The van der Waals surface area contributed by atoms with Crippen LogP contribution in [0.3, 0.4) is 0 Å². The van der Waals surface area contributed by atoms with Gasteiger partial charge in [0.05, 0.1) is 23.7 Å². The summed E-state index contributed by atoms with van der Waals surface area (Å²) in [6, 6.07) is 0. The van der Waals surface area contributed by atoms with Gasteiger partial charge in [-0.15, -0.1) is 0 Å². The first-order chi connectivity index (χ1) is 9.36. The zero-order valence-electron chi connectivity index (χ0n) is 11.5. The van der Waals surface area contributed by atoms with Gasteiger partial charge in [-0.2, -0.15) is 16.8 Å². The van der Waals surface area contributed by atoms with Crippen molar-refractivity contribution in [2.75, 3.05) is 11.5 Å². The summed E-state index contributed by atoms with van der Waals surface area (Å²) < 4.78 is 56.9. The van der Waals surface area contributed by atoms with Gasteiger partial charge < -0.3 is 0 Å². The van der Waals surface area contributed by atoms with E-state index in [1.807, 2.05) is 0 Å². The molecule has 0 aromatic rings. The fourth-order valence-electron chi connectivity index (χ4n) is 2.68. The molecule has 2 rings (SSSR count). The molecule has 0 bridgehead atoms. The molecule has 20 heavy (non-hydrogen) atoms. The molecule has 8 heteroatoms. The monoisotopic (exact) mass is 326 g/mol. The minimum Gasteiger partial charge on any atom is -0.267 e. The van der Waals surface area contributed by atoms with Crippen LogP contribution in [0, 0.1) is 0 Å². The van der Waals surface area contributed by atoms with Crippen molar-refractivity contribution in [3.8, 4) is 0 Å². The summed E-state index contributed by atoms with van der Waals surface area (Å²) in [7, 11) is -7.58. The predicted octanol–water partition coefficient (Wildman–Crippen LogP) is 1.56. The first kappa shape index (κ1) is 16.2. The maximum Gasteiger partial charge on any atom is 0.268 e. The van der Waals surface area contributed by atoms with E-state index in [-0.39, 0.29) is 12.2 Å². The van der Waals surface area contributed by atoms with E-state index in [1.165, 1.54) is 0 Å². The van der Waals surface area contributed by atoms with Crippen LogP contribution in [0.15, 0.2) is 0 Å². The Morgan fingerprint density at radius 3 is 1.25 bits per heavy atom. The third-order valence-corrected chi connectivity index (χ3v) is 6.55. The third-order valence-electron chi connectivity index (χ3n) is 3.75. The SMILES string of the molecule is O=S(=O)(CCS(=O)(=O)OC1CCCC1)OC1CCCC1. The maximum atomic E-state index is 11.7. The van der Waals surface area contributed by atoms with E-state index in [4.69, 9.17) is 8.37 Å². The molecule has 2 aliphatic carbocycles. The van der Waals surface area contributed by atoms with E-state index in [0.717, 1.165) is 51.4 Å². The Morgan fingerprint density at radius 2 is 0.950 bits per heavy atom. The molecule has 2 aliphatic rings. The van der Waals surface area contributed by atoms with E-state index in [0.29, 0.717) is 0 Å². The van der Waals surface area contributed by atoms with Gasteiger partial charge >= 0.3 is 0 Å². The van der Waals surface area contributed by atoms with Crippen LogP contribution in [0.2, 0.25) is 0 Å². The van der Waals surface area contributed by atoms with Crippen LogP contribution >= 0.6 is 0 Å². The molecule has 0 spiro atoms.